The Morgan fingerprint density at radius 3 is 2.36 bits per heavy atom. The molecule has 3 unspecified atom stereocenters. The highest BCUT2D eigenvalue weighted by atomic mass is 79.9. The Morgan fingerprint density at radius 2 is 1.93 bits per heavy atom. The Hall–Kier alpha value is -0.730. The van der Waals surface area contributed by atoms with E-state index in [1.807, 2.05) is 0 Å². The lowest BCUT2D eigenvalue weighted by molar-refractivity contribution is 0.242. The van der Waals surface area contributed by atoms with Gasteiger partial charge in [-0.15, -0.1) is 4.72 Å². The first-order valence-corrected chi connectivity index (χ1v) is 12.1. The van der Waals surface area contributed by atoms with Crippen LogP contribution in [0, 0.1) is 17.1 Å². The van der Waals surface area contributed by atoms with Crippen molar-refractivity contribution in [2.75, 3.05) is 0 Å². The fourth-order valence-electron chi connectivity index (χ4n) is 2.93. The monoisotopic (exact) mass is 496 g/mol. The molecule has 0 heterocycles. The maximum Gasteiger partial charge on any atom is 0.228 e. The third kappa shape index (κ3) is 3.97. The summed E-state index contributed by atoms with van der Waals surface area (Å²) in [5.74, 6) is -0.846. The lowest BCUT2D eigenvalue weighted by atomic mass is 9.86. The quantitative estimate of drug-likeness (QED) is 0.600. The maximum atomic E-state index is 15.8. The summed E-state index contributed by atoms with van der Waals surface area (Å²) in [6.45, 7) is 6.03. The fraction of sp³-hybridized carbons (Fsp3) is 0.611. The molecule has 1 N–H and O–H groups in total. The van der Waals surface area contributed by atoms with Gasteiger partial charge in [-0.2, -0.15) is 5.26 Å². The van der Waals surface area contributed by atoms with Crippen molar-refractivity contribution in [3.8, 4) is 6.07 Å². The molecule has 156 valence electrons. The van der Waals surface area contributed by atoms with E-state index in [1.165, 1.54) is 12.1 Å². The van der Waals surface area contributed by atoms with Crippen molar-refractivity contribution < 1.29 is 21.8 Å². The maximum absolute atomic E-state index is 15.8. The summed E-state index contributed by atoms with van der Waals surface area (Å²) in [7, 11) is -4.65. The van der Waals surface area contributed by atoms with Crippen LogP contribution in [-0.4, -0.2) is 28.0 Å². The number of hydrogen-bond acceptors (Lipinski definition) is 5. The highest BCUT2D eigenvalue weighted by Gasteiger charge is 2.60. The second-order valence-corrected chi connectivity index (χ2v) is 13.3. The summed E-state index contributed by atoms with van der Waals surface area (Å²) in [6.07, 6.45) is 0.528. The lowest BCUT2D eigenvalue weighted by Crippen LogP contribution is -2.60. The van der Waals surface area contributed by atoms with Crippen LogP contribution in [0.3, 0.4) is 0 Å². The normalized spacial score (nSPS) is 21.1. The van der Waals surface area contributed by atoms with E-state index in [0.717, 1.165) is 13.0 Å². The van der Waals surface area contributed by atoms with Crippen molar-refractivity contribution in [2.45, 2.75) is 67.5 Å². The average Bonchev–Trinajstić information content (AvgIpc) is 2.54. The van der Waals surface area contributed by atoms with Crippen LogP contribution < -0.4 is 4.72 Å². The fourth-order valence-corrected chi connectivity index (χ4v) is 6.46. The molecule has 0 amide bonds. The number of sulfone groups is 1. The predicted molar refractivity (Wildman–Crippen MR) is 108 cm³/mol. The molecule has 1 fully saturated rings. The van der Waals surface area contributed by atoms with Crippen LogP contribution in [0.1, 0.15) is 52.5 Å². The highest BCUT2D eigenvalue weighted by Crippen LogP contribution is 2.46. The molecule has 0 aromatic heterocycles. The second kappa shape index (κ2) is 7.84. The van der Waals surface area contributed by atoms with Gasteiger partial charge in [-0.3, -0.25) is 0 Å². The molecule has 5 nitrogen and oxygen atoms in total. The molecular formula is C18H23BrF2N2O3S2. The molecule has 1 aliphatic carbocycles. The Morgan fingerprint density at radius 1 is 1.36 bits per heavy atom. The van der Waals surface area contributed by atoms with Crippen LogP contribution in [0.15, 0.2) is 22.7 Å². The topological polar surface area (TPSA) is 93.0 Å². The summed E-state index contributed by atoms with van der Waals surface area (Å²) >= 11 is 1.27. The van der Waals surface area contributed by atoms with Gasteiger partial charge in [-0.25, -0.2) is 17.2 Å². The number of nitrogens with one attached hydrogen (secondary N) is 1. The van der Waals surface area contributed by atoms with Crippen molar-refractivity contribution in [1.29, 1.82) is 5.26 Å². The van der Waals surface area contributed by atoms with Gasteiger partial charge in [-0.1, -0.05) is 15.9 Å². The summed E-state index contributed by atoms with van der Waals surface area (Å²) in [6, 6.07) is 5.45. The van der Waals surface area contributed by atoms with E-state index in [-0.39, 0.29) is 18.4 Å². The van der Waals surface area contributed by atoms with Gasteiger partial charge in [-0.05, 0) is 65.2 Å². The van der Waals surface area contributed by atoms with Crippen LogP contribution >= 0.6 is 15.9 Å². The van der Waals surface area contributed by atoms with E-state index < -0.39 is 47.6 Å². The number of alkyl halides is 1. The van der Waals surface area contributed by atoms with Crippen molar-refractivity contribution in [3.05, 3.63) is 34.1 Å². The van der Waals surface area contributed by atoms with Gasteiger partial charge in [0.2, 0.25) is 15.3 Å². The molecule has 0 radical (unpaired) electrons. The molecule has 1 aromatic rings. The molecular weight excluding hydrogens is 474 g/mol. The molecule has 0 aliphatic heterocycles. The predicted octanol–water partition coefficient (Wildman–Crippen LogP) is 4.01. The van der Waals surface area contributed by atoms with E-state index in [4.69, 9.17) is 0 Å². The van der Waals surface area contributed by atoms with Crippen LogP contribution in [0.2, 0.25) is 0 Å². The first-order valence-electron chi connectivity index (χ1n) is 8.65. The minimum absolute atomic E-state index is 0.0195. The summed E-state index contributed by atoms with van der Waals surface area (Å²) in [5, 5.41) is 9.41. The van der Waals surface area contributed by atoms with Gasteiger partial charge in [0.05, 0.1) is 6.07 Å². The zero-order valence-electron chi connectivity index (χ0n) is 16.1. The molecule has 28 heavy (non-hydrogen) atoms. The number of benzene rings is 1. The van der Waals surface area contributed by atoms with Crippen LogP contribution in [0.25, 0.3) is 0 Å². The Kier molecular flexibility index (Phi) is 6.59. The van der Waals surface area contributed by atoms with Crippen molar-refractivity contribution in [1.82, 2.24) is 4.72 Å². The highest BCUT2D eigenvalue weighted by molar-refractivity contribution is 9.10. The van der Waals surface area contributed by atoms with Crippen molar-refractivity contribution in [2.24, 2.45) is 0 Å². The van der Waals surface area contributed by atoms with Crippen LogP contribution in [0.5, 0.6) is 0 Å². The largest absolute Gasteiger partial charge is 0.598 e. The summed E-state index contributed by atoms with van der Waals surface area (Å²) in [5.41, 5.74) is -5.15. The second-order valence-electron chi connectivity index (χ2n) is 8.13. The molecule has 0 spiro atoms. The molecule has 2 rings (SSSR count). The Labute approximate surface area is 176 Å². The third-order valence-corrected chi connectivity index (χ3v) is 9.80. The number of rotatable bonds is 6. The van der Waals surface area contributed by atoms with Crippen molar-refractivity contribution in [3.63, 3.8) is 0 Å². The van der Waals surface area contributed by atoms with E-state index in [9.17, 15) is 22.6 Å². The third-order valence-electron chi connectivity index (χ3n) is 4.98. The minimum Gasteiger partial charge on any atom is -0.598 e. The molecule has 0 saturated heterocycles. The van der Waals surface area contributed by atoms with Gasteiger partial charge in [0, 0.05) is 21.4 Å². The standard InChI is InChI=1S/C18H23BrF2N2O3S2/c1-16(2,3)27(24)23-17(4,13-10-12(19)6-7-14(13)20)15(21)28(25,26)18(11-22)8-5-9-18/h6-7,10,15,23H,5,8-9H2,1-4H3. The van der Waals surface area contributed by atoms with Gasteiger partial charge in [0.15, 0.2) is 4.75 Å². The molecule has 1 aromatic carbocycles. The van der Waals surface area contributed by atoms with Gasteiger partial charge in [0.1, 0.15) is 16.1 Å². The minimum atomic E-state index is -4.65. The smallest absolute Gasteiger partial charge is 0.228 e. The molecule has 3 atom stereocenters. The van der Waals surface area contributed by atoms with Gasteiger partial charge in [0.25, 0.3) is 0 Å². The molecule has 1 aliphatic rings. The van der Waals surface area contributed by atoms with E-state index in [2.05, 4.69) is 20.7 Å². The zero-order chi connectivity index (χ0) is 21.5. The molecule has 1 saturated carbocycles. The number of halogens is 3. The lowest BCUT2D eigenvalue weighted by Gasteiger charge is -2.42. The summed E-state index contributed by atoms with van der Waals surface area (Å²) < 4.78 is 69.4. The van der Waals surface area contributed by atoms with Gasteiger partial charge >= 0.3 is 0 Å². The van der Waals surface area contributed by atoms with Crippen LogP contribution in [-0.2, 0) is 26.7 Å². The van der Waals surface area contributed by atoms with Gasteiger partial charge < -0.3 is 4.55 Å². The Bertz CT molecular complexity index is 895. The Balaban J connectivity index is 2.64. The number of hydrogen-bond donors (Lipinski definition) is 1. The number of nitrogens with zero attached hydrogens (tertiary/aromatic N) is 1. The first kappa shape index (κ1) is 23.5. The molecule has 0 bridgehead atoms. The molecule has 10 heteroatoms. The van der Waals surface area contributed by atoms with E-state index in [1.54, 1.807) is 26.8 Å². The van der Waals surface area contributed by atoms with E-state index >= 15 is 4.39 Å². The summed E-state index contributed by atoms with van der Waals surface area (Å²) in [4.78, 5) is 0. The average molecular weight is 497 g/mol. The SMILES string of the molecule is CC(N[S+]([O-])C(C)(C)C)(c1cc(Br)ccc1F)C(F)S(=O)(=O)C1(C#N)CCC1. The van der Waals surface area contributed by atoms with Crippen LogP contribution in [0.4, 0.5) is 8.78 Å². The first-order chi connectivity index (χ1) is 12.7. The zero-order valence-corrected chi connectivity index (χ0v) is 19.3. The van der Waals surface area contributed by atoms with E-state index in [0.29, 0.717) is 10.9 Å². The van der Waals surface area contributed by atoms with Crippen molar-refractivity contribution >= 4 is 37.1 Å². The number of nitriles is 1.